The van der Waals surface area contributed by atoms with Gasteiger partial charge in [0, 0.05) is 12.4 Å². The van der Waals surface area contributed by atoms with E-state index in [1.165, 1.54) is 18.5 Å². The highest BCUT2D eigenvalue weighted by Gasteiger charge is 2.32. The first-order valence-electron chi connectivity index (χ1n) is 7.32. The van der Waals surface area contributed by atoms with Crippen LogP contribution in [0.3, 0.4) is 0 Å². The summed E-state index contributed by atoms with van der Waals surface area (Å²) < 4.78 is 27.6. The molecule has 0 spiro atoms. The molecule has 0 aliphatic carbocycles. The average molecular weight is 368 g/mol. The van der Waals surface area contributed by atoms with E-state index >= 15 is 0 Å². The molecule has 0 fully saturated rings. The van der Waals surface area contributed by atoms with Crippen LogP contribution in [-0.4, -0.2) is 27.3 Å². The molecule has 1 N–H and O–H groups in total. The van der Waals surface area contributed by atoms with Crippen LogP contribution in [0.4, 0.5) is 8.78 Å². The number of nitrogens with one attached hydrogen (secondary N) is 1. The molecule has 0 aliphatic rings. The van der Waals surface area contributed by atoms with Gasteiger partial charge < -0.3 is 0 Å². The second-order valence-corrected chi connectivity index (χ2v) is 6.61. The Balaban J connectivity index is 2.38. The van der Waals surface area contributed by atoms with E-state index in [1.807, 2.05) is 0 Å². The maximum Gasteiger partial charge on any atom is 0.275 e. The van der Waals surface area contributed by atoms with Crippen LogP contribution in [0, 0.1) is 11.6 Å². The van der Waals surface area contributed by atoms with Crippen molar-refractivity contribution >= 4 is 23.4 Å². The molecule has 5 nitrogen and oxygen atoms in total. The second kappa shape index (κ2) is 7.14. The number of halogens is 3. The van der Waals surface area contributed by atoms with E-state index in [0.717, 1.165) is 23.2 Å². The number of aromatic nitrogens is 1. The number of pyridine rings is 1. The van der Waals surface area contributed by atoms with Gasteiger partial charge in [-0.2, -0.15) is 0 Å². The first-order chi connectivity index (χ1) is 11.6. The zero-order valence-corrected chi connectivity index (χ0v) is 14.6. The lowest BCUT2D eigenvalue weighted by Gasteiger charge is -2.35. The zero-order chi connectivity index (χ0) is 18.8. The van der Waals surface area contributed by atoms with Gasteiger partial charge in [0.2, 0.25) is 0 Å². The Morgan fingerprint density at radius 2 is 1.76 bits per heavy atom. The molecule has 2 rings (SSSR count). The minimum absolute atomic E-state index is 0.0908. The van der Waals surface area contributed by atoms with Gasteiger partial charge in [0.25, 0.3) is 11.8 Å². The molecule has 0 saturated heterocycles. The summed E-state index contributed by atoms with van der Waals surface area (Å²) in [6.45, 7) is 4.95. The summed E-state index contributed by atoms with van der Waals surface area (Å²) in [5, 5.41) is 1.07. The fraction of sp³-hybridized carbons (Fsp3) is 0.235. The summed E-state index contributed by atoms with van der Waals surface area (Å²) in [7, 11) is 0. The first kappa shape index (κ1) is 18.8. The normalized spacial score (nSPS) is 11.1. The summed E-state index contributed by atoms with van der Waals surface area (Å²) in [6, 6.07) is 4.45. The maximum absolute atomic E-state index is 13.8. The summed E-state index contributed by atoms with van der Waals surface area (Å²) in [5.74, 6) is -3.77. The molecule has 132 valence electrons. The predicted octanol–water partition coefficient (Wildman–Crippen LogP) is 3.60. The minimum Gasteiger partial charge on any atom is -0.267 e. The number of nitrogens with zero attached hydrogens (tertiary/aromatic N) is 2. The second-order valence-electron chi connectivity index (χ2n) is 6.20. The maximum atomic E-state index is 13.8. The molecule has 0 saturated carbocycles. The predicted molar refractivity (Wildman–Crippen MR) is 89.0 cm³/mol. The number of hydrogen-bond donors (Lipinski definition) is 1. The van der Waals surface area contributed by atoms with Crippen molar-refractivity contribution in [3.8, 4) is 0 Å². The lowest BCUT2D eigenvalue weighted by Crippen LogP contribution is -2.56. The van der Waals surface area contributed by atoms with Crippen molar-refractivity contribution in [3.63, 3.8) is 0 Å². The van der Waals surface area contributed by atoms with E-state index in [0.29, 0.717) is 0 Å². The third-order valence-corrected chi connectivity index (χ3v) is 3.58. The fourth-order valence-electron chi connectivity index (χ4n) is 2.06. The van der Waals surface area contributed by atoms with Gasteiger partial charge in [-0.3, -0.25) is 20.0 Å². The van der Waals surface area contributed by atoms with Crippen molar-refractivity contribution in [1.82, 2.24) is 15.4 Å². The number of hydrogen-bond acceptors (Lipinski definition) is 3. The fourth-order valence-corrected chi connectivity index (χ4v) is 2.26. The number of amides is 2. The molecule has 1 heterocycles. The standard InChI is InChI=1S/C17H16ClF2N3O2/c1-17(2,3)23(16(25)10-7-8-21-9-11(10)18)22-15(24)14-12(19)5-4-6-13(14)20/h4-9H,1-3H3,(H,22,24). The van der Waals surface area contributed by atoms with Crippen molar-refractivity contribution in [1.29, 1.82) is 0 Å². The van der Waals surface area contributed by atoms with E-state index in [2.05, 4.69) is 10.4 Å². The molecule has 2 aromatic rings. The molecular formula is C17H16ClF2N3O2. The molecule has 25 heavy (non-hydrogen) atoms. The van der Waals surface area contributed by atoms with Crippen LogP contribution in [0.25, 0.3) is 0 Å². The molecule has 1 aromatic heterocycles. The van der Waals surface area contributed by atoms with Gasteiger partial charge in [-0.25, -0.2) is 13.8 Å². The van der Waals surface area contributed by atoms with Crippen LogP contribution in [0.15, 0.2) is 36.7 Å². The Morgan fingerprint density at radius 1 is 1.16 bits per heavy atom. The average Bonchev–Trinajstić information content (AvgIpc) is 2.51. The molecule has 1 aromatic carbocycles. The largest absolute Gasteiger partial charge is 0.275 e. The van der Waals surface area contributed by atoms with E-state index in [1.54, 1.807) is 20.8 Å². The van der Waals surface area contributed by atoms with Crippen molar-refractivity contribution in [2.24, 2.45) is 0 Å². The Labute approximate surface area is 148 Å². The monoisotopic (exact) mass is 367 g/mol. The van der Waals surface area contributed by atoms with Crippen LogP contribution in [0.1, 0.15) is 41.5 Å². The Bertz CT molecular complexity index is 802. The summed E-state index contributed by atoms with van der Waals surface area (Å²) >= 11 is 5.97. The van der Waals surface area contributed by atoms with Crippen LogP contribution >= 0.6 is 11.6 Å². The molecule has 2 amide bonds. The highest BCUT2D eigenvalue weighted by atomic mass is 35.5. The van der Waals surface area contributed by atoms with E-state index in [9.17, 15) is 18.4 Å². The molecular weight excluding hydrogens is 352 g/mol. The lowest BCUT2D eigenvalue weighted by atomic mass is 10.1. The van der Waals surface area contributed by atoms with Crippen LogP contribution in [-0.2, 0) is 0 Å². The quantitative estimate of drug-likeness (QED) is 0.825. The van der Waals surface area contributed by atoms with Gasteiger partial charge in [-0.05, 0) is 39.0 Å². The molecule has 0 aliphatic heterocycles. The Hall–Kier alpha value is -2.54. The van der Waals surface area contributed by atoms with Gasteiger partial charge >= 0.3 is 0 Å². The molecule has 0 radical (unpaired) electrons. The summed E-state index contributed by atoms with van der Waals surface area (Å²) in [4.78, 5) is 28.9. The number of rotatable bonds is 2. The third kappa shape index (κ3) is 4.11. The van der Waals surface area contributed by atoms with Gasteiger partial charge in [0.15, 0.2) is 0 Å². The highest BCUT2D eigenvalue weighted by molar-refractivity contribution is 6.33. The van der Waals surface area contributed by atoms with Crippen molar-refractivity contribution in [3.05, 3.63) is 64.4 Å². The van der Waals surface area contributed by atoms with Gasteiger partial charge in [0.05, 0.1) is 16.1 Å². The third-order valence-electron chi connectivity index (χ3n) is 3.28. The highest BCUT2D eigenvalue weighted by Crippen LogP contribution is 2.21. The molecule has 0 bridgehead atoms. The van der Waals surface area contributed by atoms with E-state index in [-0.39, 0.29) is 10.6 Å². The van der Waals surface area contributed by atoms with Crippen LogP contribution in [0.5, 0.6) is 0 Å². The number of carbonyl (C=O) groups excluding carboxylic acids is 2. The molecule has 8 heteroatoms. The van der Waals surface area contributed by atoms with Crippen molar-refractivity contribution < 1.29 is 18.4 Å². The summed E-state index contributed by atoms with van der Waals surface area (Å²) in [5.41, 5.74) is 0.704. The van der Waals surface area contributed by atoms with Gasteiger partial charge in [-0.15, -0.1) is 0 Å². The Morgan fingerprint density at radius 3 is 2.28 bits per heavy atom. The van der Waals surface area contributed by atoms with Crippen LogP contribution < -0.4 is 5.43 Å². The van der Waals surface area contributed by atoms with Gasteiger partial charge in [0.1, 0.15) is 17.2 Å². The Kier molecular flexibility index (Phi) is 5.37. The summed E-state index contributed by atoms with van der Waals surface area (Å²) in [6.07, 6.45) is 2.66. The SMILES string of the molecule is CC(C)(C)N(NC(=O)c1c(F)cccc1F)C(=O)c1ccncc1Cl. The van der Waals surface area contributed by atoms with Crippen molar-refractivity contribution in [2.75, 3.05) is 0 Å². The number of hydrazine groups is 1. The van der Waals surface area contributed by atoms with E-state index < -0.39 is 34.6 Å². The molecule has 0 atom stereocenters. The topological polar surface area (TPSA) is 62.3 Å². The minimum atomic E-state index is -1.08. The first-order valence-corrected chi connectivity index (χ1v) is 7.70. The van der Waals surface area contributed by atoms with Gasteiger partial charge in [-0.1, -0.05) is 17.7 Å². The molecule has 0 unspecified atom stereocenters. The van der Waals surface area contributed by atoms with E-state index in [4.69, 9.17) is 11.6 Å². The number of benzene rings is 1. The number of carbonyl (C=O) groups is 2. The zero-order valence-electron chi connectivity index (χ0n) is 13.8. The van der Waals surface area contributed by atoms with Crippen molar-refractivity contribution in [2.45, 2.75) is 26.3 Å². The lowest BCUT2D eigenvalue weighted by molar-refractivity contribution is 0.0355. The van der Waals surface area contributed by atoms with Crippen LogP contribution in [0.2, 0.25) is 5.02 Å². The smallest absolute Gasteiger partial charge is 0.267 e.